The summed E-state index contributed by atoms with van der Waals surface area (Å²) in [6, 6.07) is 47.2. The summed E-state index contributed by atoms with van der Waals surface area (Å²) >= 11 is 0. The van der Waals surface area contributed by atoms with E-state index < -0.39 is 21.7 Å². The van der Waals surface area contributed by atoms with Gasteiger partial charge in [-0.3, -0.25) is 0 Å². The van der Waals surface area contributed by atoms with E-state index in [1.54, 1.807) is 60.7 Å². The van der Waals surface area contributed by atoms with Crippen molar-refractivity contribution < 1.29 is 40.9 Å². The Balaban J connectivity index is 1.27. The Labute approximate surface area is 417 Å². The van der Waals surface area contributed by atoms with E-state index in [1.807, 2.05) is 97.1 Å². The van der Waals surface area contributed by atoms with E-state index >= 15 is 0 Å². The fraction of sp³-hybridized carbons (Fsp3) is 0.238. The highest BCUT2D eigenvalue weighted by atomic mass is 16.3. The van der Waals surface area contributed by atoms with Crippen LogP contribution in [0, 0.1) is 0 Å². The van der Waals surface area contributed by atoms with Crippen LogP contribution in [0.3, 0.4) is 0 Å². The molecule has 8 aromatic carbocycles. The van der Waals surface area contributed by atoms with Crippen molar-refractivity contribution in [3.8, 4) is 46.0 Å². The summed E-state index contributed by atoms with van der Waals surface area (Å²) in [6.45, 7) is 16.7. The molecule has 0 aromatic heterocycles. The van der Waals surface area contributed by atoms with E-state index in [0.29, 0.717) is 33.4 Å². The van der Waals surface area contributed by atoms with Crippen LogP contribution in [0.5, 0.6) is 46.0 Å². The lowest BCUT2D eigenvalue weighted by molar-refractivity contribution is 0.453. The number of hydrogen-bond acceptors (Lipinski definition) is 8. The van der Waals surface area contributed by atoms with Crippen LogP contribution in [0.4, 0.5) is 0 Å². The summed E-state index contributed by atoms with van der Waals surface area (Å²) in [7, 11) is 0. The first-order chi connectivity index (χ1) is 33.4. The SMILES string of the molecule is CC(C)(c1ccc(O)cc1)c1ccc(O)c(Cc2cc(C(C)(C)c3ccc(O)cc3)cc(Cc3cc(C(C)(C)c4ccc(O)cc4)cc(Cc4cc(C(C)(C)c5ccc(O)cc5)ccc4O)c3O)c2O)c1. The maximum atomic E-state index is 12.5. The van der Waals surface area contributed by atoms with E-state index in [9.17, 15) is 40.9 Å². The Morgan fingerprint density at radius 2 is 0.437 bits per heavy atom. The molecule has 8 N–H and O–H groups in total. The molecule has 0 spiro atoms. The molecule has 0 atom stereocenters. The van der Waals surface area contributed by atoms with Crippen molar-refractivity contribution in [3.05, 3.63) is 236 Å². The standard InChI is InChI=1S/C63H64O8/c1-60(2,44-9-19-52(64)20-10-44)48-17-27-56(68)38(32-48)29-40-34-50(62(5,6)46-13-23-54(66)24-14-46)36-42(58(40)70)31-43-37-51(63(7,8)47-15-25-55(67)26-16-47)35-41(59(43)71)30-39-33-49(18-28-57(39)69)61(3,4)45-11-21-53(65)22-12-45/h9-28,32-37,64-71H,29-31H2,1-8H3. The lowest BCUT2D eigenvalue weighted by Gasteiger charge is -2.30. The van der Waals surface area contributed by atoms with E-state index in [1.165, 1.54) is 0 Å². The second-order valence-electron chi connectivity index (χ2n) is 21.2. The predicted molar refractivity (Wildman–Crippen MR) is 282 cm³/mol. The Morgan fingerprint density at radius 1 is 0.239 bits per heavy atom. The summed E-state index contributed by atoms with van der Waals surface area (Å²) in [4.78, 5) is 0. The molecule has 8 rings (SSSR count). The number of phenols is 8. The van der Waals surface area contributed by atoms with Crippen LogP contribution >= 0.6 is 0 Å². The molecule has 8 aromatic rings. The molecule has 8 nitrogen and oxygen atoms in total. The van der Waals surface area contributed by atoms with Crippen LogP contribution in [0.1, 0.15) is 133 Å². The minimum atomic E-state index is -0.637. The zero-order valence-corrected chi connectivity index (χ0v) is 41.7. The molecular formula is C63H64O8. The van der Waals surface area contributed by atoms with Gasteiger partial charge in [0.05, 0.1) is 0 Å². The monoisotopic (exact) mass is 948 g/mol. The number of aromatic hydroxyl groups is 8. The van der Waals surface area contributed by atoms with Gasteiger partial charge in [0.1, 0.15) is 46.0 Å². The minimum Gasteiger partial charge on any atom is -0.508 e. The molecule has 0 bridgehead atoms. The normalized spacial score (nSPS) is 12.3. The van der Waals surface area contributed by atoms with Gasteiger partial charge < -0.3 is 40.9 Å². The third-order valence-corrected chi connectivity index (χ3v) is 15.1. The second-order valence-corrected chi connectivity index (χ2v) is 21.2. The van der Waals surface area contributed by atoms with Gasteiger partial charge in [-0.05, 0) is 139 Å². The Bertz CT molecular complexity index is 3000. The first-order valence-corrected chi connectivity index (χ1v) is 24.0. The average molecular weight is 949 g/mol. The molecule has 71 heavy (non-hydrogen) atoms. The molecule has 0 radical (unpaired) electrons. The van der Waals surface area contributed by atoms with E-state index in [4.69, 9.17) is 0 Å². The molecule has 8 heteroatoms. The maximum Gasteiger partial charge on any atom is 0.122 e. The molecule has 0 saturated heterocycles. The van der Waals surface area contributed by atoms with Crippen molar-refractivity contribution in [2.75, 3.05) is 0 Å². The molecule has 0 heterocycles. The molecular weight excluding hydrogens is 885 g/mol. The quantitative estimate of drug-likeness (QED) is 0.0534. The molecule has 0 aliphatic heterocycles. The molecule has 0 unspecified atom stereocenters. The fourth-order valence-electron chi connectivity index (χ4n) is 9.81. The van der Waals surface area contributed by atoms with Crippen LogP contribution < -0.4 is 0 Å². The second kappa shape index (κ2) is 18.8. The van der Waals surface area contributed by atoms with Crippen molar-refractivity contribution in [2.24, 2.45) is 0 Å². The van der Waals surface area contributed by atoms with Crippen molar-refractivity contribution in [1.29, 1.82) is 0 Å². The Morgan fingerprint density at radius 3 is 0.690 bits per heavy atom. The Kier molecular flexibility index (Phi) is 13.1. The van der Waals surface area contributed by atoms with Gasteiger partial charge in [0.15, 0.2) is 0 Å². The van der Waals surface area contributed by atoms with Crippen LogP contribution in [0.2, 0.25) is 0 Å². The smallest absolute Gasteiger partial charge is 0.122 e. The average Bonchev–Trinajstić information content (AvgIpc) is 3.33. The third-order valence-electron chi connectivity index (χ3n) is 15.1. The highest BCUT2D eigenvalue weighted by molar-refractivity contribution is 5.58. The number of rotatable bonds is 14. The van der Waals surface area contributed by atoms with Gasteiger partial charge in [-0.15, -0.1) is 0 Å². The van der Waals surface area contributed by atoms with Gasteiger partial charge in [-0.1, -0.05) is 152 Å². The van der Waals surface area contributed by atoms with E-state index in [2.05, 4.69) is 55.4 Å². The van der Waals surface area contributed by atoms with Crippen molar-refractivity contribution in [3.63, 3.8) is 0 Å². The minimum absolute atomic E-state index is 0.0174. The lowest BCUT2D eigenvalue weighted by atomic mass is 9.75. The predicted octanol–water partition coefficient (Wildman–Crippen LogP) is 13.4. The summed E-state index contributed by atoms with van der Waals surface area (Å²) in [5.74, 6) is 0.813. The summed E-state index contributed by atoms with van der Waals surface area (Å²) < 4.78 is 0. The van der Waals surface area contributed by atoms with E-state index in [-0.39, 0.29) is 65.3 Å². The van der Waals surface area contributed by atoms with Gasteiger partial charge in [-0.2, -0.15) is 0 Å². The van der Waals surface area contributed by atoms with Crippen LogP contribution in [0.25, 0.3) is 0 Å². The van der Waals surface area contributed by atoms with E-state index in [0.717, 1.165) is 44.5 Å². The zero-order chi connectivity index (χ0) is 51.2. The van der Waals surface area contributed by atoms with Crippen LogP contribution in [0.15, 0.2) is 158 Å². The fourth-order valence-corrected chi connectivity index (χ4v) is 9.81. The van der Waals surface area contributed by atoms with Crippen molar-refractivity contribution in [2.45, 2.75) is 96.3 Å². The molecule has 0 aliphatic rings. The number of hydrogen-bond donors (Lipinski definition) is 8. The van der Waals surface area contributed by atoms with Crippen molar-refractivity contribution >= 4 is 0 Å². The molecule has 364 valence electrons. The summed E-state index contributed by atoms with van der Waals surface area (Å²) in [5, 5.41) is 88.4. The molecule has 0 fully saturated rings. The molecule has 0 saturated carbocycles. The number of phenolic OH excluding ortho intramolecular Hbond substituents is 8. The summed E-state index contributed by atoms with van der Waals surface area (Å²) in [5.41, 5.74) is 8.57. The maximum absolute atomic E-state index is 12.5. The van der Waals surface area contributed by atoms with Gasteiger partial charge in [0.25, 0.3) is 0 Å². The third kappa shape index (κ3) is 9.98. The van der Waals surface area contributed by atoms with Gasteiger partial charge in [0.2, 0.25) is 0 Å². The zero-order valence-electron chi connectivity index (χ0n) is 41.7. The largest absolute Gasteiger partial charge is 0.508 e. The molecule has 0 amide bonds. The van der Waals surface area contributed by atoms with Crippen LogP contribution in [-0.2, 0) is 40.9 Å². The summed E-state index contributed by atoms with van der Waals surface area (Å²) in [6.07, 6.45) is 0.451. The van der Waals surface area contributed by atoms with Crippen molar-refractivity contribution in [1.82, 2.24) is 0 Å². The highest BCUT2D eigenvalue weighted by Gasteiger charge is 2.31. The van der Waals surface area contributed by atoms with Gasteiger partial charge >= 0.3 is 0 Å². The Hall–Kier alpha value is -7.84. The highest BCUT2D eigenvalue weighted by Crippen LogP contribution is 2.44. The molecule has 0 aliphatic carbocycles. The van der Waals surface area contributed by atoms with Crippen LogP contribution in [-0.4, -0.2) is 40.9 Å². The van der Waals surface area contributed by atoms with Gasteiger partial charge in [-0.25, -0.2) is 0 Å². The number of benzene rings is 8. The first-order valence-electron chi connectivity index (χ1n) is 24.0. The topological polar surface area (TPSA) is 162 Å². The lowest BCUT2D eigenvalue weighted by Crippen LogP contribution is -2.20. The first kappa shape index (κ1) is 49.6. The van der Waals surface area contributed by atoms with Gasteiger partial charge in [0, 0.05) is 40.9 Å².